The number of nitrogens with two attached hydrogens (primary N) is 1. The summed E-state index contributed by atoms with van der Waals surface area (Å²) in [6.45, 7) is 10.2. The molecule has 2 N–H and O–H groups in total. The van der Waals surface area contributed by atoms with E-state index in [2.05, 4.69) is 45.9 Å². The monoisotopic (exact) mass is 249 g/mol. The summed E-state index contributed by atoms with van der Waals surface area (Å²) in [7, 11) is 0. The van der Waals surface area contributed by atoms with E-state index in [4.69, 9.17) is 10.5 Å². The highest BCUT2D eigenvalue weighted by atomic mass is 16.5. The van der Waals surface area contributed by atoms with E-state index in [-0.39, 0.29) is 5.41 Å². The second kappa shape index (κ2) is 6.79. The van der Waals surface area contributed by atoms with Crippen LogP contribution in [0, 0.1) is 19.3 Å². The molecule has 2 nitrogen and oxygen atoms in total. The Morgan fingerprint density at radius 2 is 1.89 bits per heavy atom. The van der Waals surface area contributed by atoms with Gasteiger partial charge in [0, 0.05) is 0 Å². The molecule has 1 aromatic carbocycles. The fourth-order valence-electron chi connectivity index (χ4n) is 1.95. The van der Waals surface area contributed by atoms with E-state index in [1.165, 1.54) is 24.0 Å². The predicted molar refractivity (Wildman–Crippen MR) is 78.1 cm³/mol. The molecule has 0 saturated carbocycles. The van der Waals surface area contributed by atoms with Crippen molar-refractivity contribution in [1.29, 1.82) is 0 Å². The van der Waals surface area contributed by atoms with Gasteiger partial charge >= 0.3 is 0 Å². The zero-order chi connectivity index (χ0) is 13.6. The number of unbranched alkanes of at least 4 members (excludes halogenated alkanes) is 1. The minimum Gasteiger partial charge on any atom is -0.493 e. The third-order valence-corrected chi connectivity index (χ3v) is 3.39. The highest BCUT2D eigenvalue weighted by Crippen LogP contribution is 2.22. The molecule has 1 rings (SSSR count). The predicted octanol–water partition coefficient (Wildman–Crippen LogP) is 3.84. The molecule has 0 fully saturated rings. The average Bonchev–Trinajstić information content (AvgIpc) is 2.31. The fourth-order valence-corrected chi connectivity index (χ4v) is 1.95. The van der Waals surface area contributed by atoms with Gasteiger partial charge in [-0.1, -0.05) is 31.5 Å². The molecule has 0 aliphatic carbocycles. The molecule has 2 heteroatoms. The van der Waals surface area contributed by atoms with Crippen LogP contribution in [-0.4, -0.2) is 13.2 Å². The van der Waals surface area contributed by atoms with Crippen molar-refractivity contribution in [2.75, 3.05) is 13.2 Å². The van der Waals surface area contributed by atoms with Gasteiger partial charge in [-0.05, 0) is 56.7 Å². The van der Waals surface area contributed by atoms with E-state index in [1.54, 1.807) is 0 Å². The van der Waals surface area contributed by atoms with Crippen LogP contribution in [0.25, 0.3) is 0 Å². The second-order valence-corrected chi connectivity index (χ2v) is 5.94. The Morgan fingerprint density at radius 1 is 1.17 bits per heavy atom. The fraction of sp³-hybridized carbons (Fsp3) is 0.625. The van der Waals surface area contributed by atoms with Gasteiger partial charge in [0.2, 0.25) is 0 Å². The summed E-state index contributed by atoms with van der Waals surface area (Å²) in [4.78, 5) is 0. The van der Waals surface area contributed by atoms with E-state index >= 15 is 0 Å². The van der Waals surface area contributed by atoms with Gasteiger partial charge in [0.05, 0.1) is 6.61 Å². The minimum absolute atomic E-state index is 0.264. The number of ether oxygens (including phenoxy) is 1. The van der Waals surface area contributed by atoms with Crippen LogP contribution >= 0.6 is 0 Å². The van der Waals surface area contributed by atoms with Crippen molar-refractivity contribution in [2.45, 2.75) is 47.0 Å². The lowest BCUT2D eigenvalue weighted by atomic mass is 9.87. The summed E-state index contributed by atoms with van der Waals surface area (Å²) in [5, 5.41) is 0. The van der Waals surface area contributed by atoms with Crippen molar-refractivity contribution in [1.82, 2.24) is 0 Å². The first kappa shape index (κ1) is 15.0. The maximum absolute atomic E-state index is 5.81. The number of aryl methyl sites for hydroxylation is 2. The average molecular weight is 249 g/mol. The van der Waals surface area contributed by atoms with Crippen molar-refractivity contribution < 1.29 is 4.74 Å². The maximum atomic E-state index is 5.81. The molecule has 0 aromatic heterocycles. The Kier molecular flexibility index (Phi) is 5.67. The first-order valence-corrected chi connectivity index (χ1v) is 6.85. The maximum Gasteiger partial charge on any atom is 0.122 e. The highest BCUT2D eigenvalue weighted by Gasteiger charge is 2.14. The van der Waals surface area contributed by atoms with E-state index in [0.717, 1.165) is 25.3 Å². The Bertz CT molecular complexity index is 371. The third-order valence-electron chi connectivity index (χ3n) is 3.39. The molecule has 0 bridgehead atoms. The van der Waals surface area contributed by atoms with Crippen molar-refractivity contribution >= 4 is 0 Å². The van der Waals surface area contributed by atoms with Gasteiger partial charge in [-0.2, -0.15) is 0 Å². The van der Waals surface area contributed by atoms with Crippen LogP contribution in [0.15, 0.2) is 18.2 Å². The lowest BCUT2D eigenvalue weighted by Gasteiger charge is -2.21. The quantitative estimate of drug-likeness (QED) is 0.745. The van der Waals surface area contributed by atoms with Crippen LogP contribution in [0.5, 0.6) is 5.75 Å². The Morgan fingerprint density at radius 3 is 2.50 bits per heavy atom. The standard InChI is InChI=1S/C16H27NO/c1-13-7-8-15(14(2)11-13)18-10-6-5-9-16(3,4)12-17/h7-8,11H,5-6,9-10,12,17H2,1-4H3. The molecule has 18 heavy (non-hydrogen) atoms. The molecule has 0 aliphatic heterocycles. The Hall–Kier alpha value is -1.02. The lowest BCUT2D eigenvalue weighted by Crippen LogP contribution is -2.23. The van der Waals surface area contributed by atoms with E-state index < -0.39 is 0 Å². The smallest absolute Gasteiger partial charge is 0.122 e. The lowest BCUT2D eigenvalue weighted by molar-refractivity contribution is 0.277. The molecule has 0 atom stereocenters. The van der Waals surface area contributed by atoms with Gasteiger partial charge in [-0.3, -0.25) is 0 Å². The van der Waals surface area contributed by atoms with Gasteiger partial charge in [-0.15, -0.1) is 0 Å². The zero-order valence-electron chi connectivity index (χ0n) is 12.3. The molecule has 0 unspecified atom stereocenters. The second-order valence-electron chi connectivity index (χ2n) is 5.94. The van der Waals surface area contributed by atoms with Crippen molar-refractivity contribution in [2.24, 2.45) is 11.1 Å². The van der Waals surface area contributed by atoms with Gasteiger partial charge in [0.1, 0.15) is 5.75 Å². The van der Waals surface area contributed by atoms with Crippen LogP contribution in [0.2, 0.25) is 0 Å². The van der Waals surface area contributed by atoms with E-state index in [9.17, 15) is 0 Å². The first-order valence-electron chi connectivity index (χ1n) is 6.85. The van der Waals surface area contributed by atoms with Gasteiger partial charge in [0.15, 0.2) is 0 Å². The topological polar surface area (TPSA) is 35.2 Å². The van der Waals surface area contributed by atoms with Crippen LogP contribution in [0.4, 0.5) is 0 Å². The molecule has 0 heterocycles. The van der Waals surface area contributed by atoms with Crippen LogP contribution in [0.1, 0.15) is 44.2 Å². The molecule has 102 valence electrons. The number of benzene rings is 1. The molecular formula is C16H27NO. The molecule has 0 saturated heterocycles. The summed E-state index contributed by atoms with van der Waals surface area (Å²) in [5.74, 6) is 1.01. The summed E-state index contributed by atoms with van der Waals surface area (Å²) in [5.41, 5.74) is 8.48. The number of hydrogen-bond donors (Lipinski definition) is 1. The van der Waals surface area contributed by atoms with Crippen LogP contribution in [0.3, 0.4) is 0 Å². The minimum atomic E-state index is 0.264. The van der Waals surface area contributed by atoms with Gasteiger partial charge < -0.3 is 10.5 Å². The van der Waals surface area contributed by atoms with Crippen molar-refractivity contribution in [3.05, 3.63) is 29.3 Å². The Balaban J connectivity index is 2.26. The first-order chi connectivity index (χ1) is 8.44. The molecule has 0 amide bonds. The van der Waals surface area contributed by atoms with E-state index in [0.29, 0.717) is 0 Å². The summed E-state index contributed by atoms with van der Waals surface area (Å²) >= 11 is 0. The normalized spacial score (nSPS) is 11.6. The van der Waals surface area contributed by atoms with Crippen LogP contribution in [-0.2, 0) is 0 Å². The van der Waals surface area contributed by atoms with Crippen molar-refractivity contribution in [3.8, 4) is 5.75 Å². The molecule has 1 aromatic rings. The molecule has 0 spiro atoms. The summed E-state index contributed by atoms with van der Waals surface area (Å²) in [6, 6.07) is 6.32. The Labute approximate surface area is 112 Å². The molecule has 0 radical (unpaired) electrons. The zero-order valence-corrected chi connectivity index (χ0v) is 12.3. The van der Waals surface area contributed by atoms with E-state index in [1.807, 2.05) is 0 Å². The van der Waals surface area contributed by atoms with Gasteiger partial charge in [0.25, 0.3) is 0 Å². The summed E-state index contributed by atoms with van der Waals surface area (Å²) < 4.78 is 5.81. The van der Waals surface area contributed by atoms with Crippen LogP contribution < -0.4 is 10.5 Å². The SMILES string of the molecule is Cc1ccc(OCCCCC(C)(C)CN)c(C)c1. The van der Waals surface area contributed by atoms with Crippen molar-refractivity contribution in [3.63, 3.8) is 0 Å². The third kappa shape index (κ3) is 5.09. The van der Waals surface area contributed by atoms with Gasteiger partial charge in [-0.25, -0.2) is 0 Å². The highest BCUT2D eigenvalue weighted by molar-refractivity contribution is 5.35. The number of hydrogen-bond acceptors (Lipinski definition) is 2. The largest absolute Gasteiger partial charge is 0.493 e. The number of rotatable bonds is 7. The molecule has 0 aliphatic rings. The molecular weight excluding hydrogens is 222 g/mol. The summed E-state index contributed by atoms with van der Waals surface area (Å²) in [6.07, 6.45) is 3.44.